The lowest BCUT2D eigenvalue weighted by molar-refractivity contribution is -0.150. The fraction of sp³-hybridized carbons (Fsp3) is 0.500. The number of carbonyl (C=O) groups excluding carboxylic acids is 2. The number of allylic oxidation sites excluding steroid dienone is 1. The molecule has 0 bridgehead atoms. The van der Waals surface area contributed by atoms with Crippen molar-refractivity contribution in [3.05, 3.63) is 24.0 Å². The lowest BCUT2D eigenvalue weighted by Gasteiger charge is -2.35. The SMILES string of the molecule is C=CCO/N=C/C1=C(O)[C@@H](C(=O)OC)C(C)(C)CC1=O. The Hall–Kier alpha value is -2.11. The zero-order chi connectivity index (χ0) is 15.3. The van der Waals surface area contributed by atoms with Crippen LogP contribution >= 0.6 is 0 Å². The van der Waals surface area contributed by atoms with Crippen LogP contribution in [-0.4, -0.2) is 36.8 Å². The highest BCUT2D eigenvalue weighted by molar-refractivity contribution is 6.15. The molecule has 0 amide bonds. The zero-order valence-electron chi connectivity index (χ0n) is 11.9. The quantitative estimate of drug-likeness (QED) is 0.273. The van der Waals surface area contributed by atoms with Gasteiger partial charge in [-0.3, -0.25) is 9.59 Å². The minimum absolute atomic E-state index is 0.0243. The second-order valence-electron chi connectivity index (χ2n) is 5.16. The van der Waals surface area contributed by atoms with Gasteiger partial charge in [-0.1, -0.05) is 31.7 Å². The Kier molecular flexibility index (Phi) is 5.07. The van der Waals surface area contributed by atoms with E-state index in [1.807, 2.05) is 0 Å². The summed E-state index contributed by atoms with van der Waals surface area (Å²) < 4.78 is 4.69. The molecule has 0 heterocycles. The number of hydrogen-bond acceptors (Lipinski definition) is 6. The minimum atomic E-state index is -0.897. The molecule has 1 N–H and O–H groups in total. The first-order valence-corrected chi connectivity index (χ1v) is 6.15. The summed E-state index contributed by atoms with van der Waals surface area (Å²) in [7, 11) is 1.24. The third kappa shape index (κ3) is 3.26. The van der Waals surface area contributed by atoms with Crippen LogP contribution in [0.4, 0.5) is 0 Å². The van der Waals surface area contributed by atoms with E-state index in [0.717, 1.165) is 6.21 Å². The summed E-state index contributed by atoms with van der Waals surface area (Å²) >= 11 is 0. The average Bonchev–Trinajstić information content (AvgIpc) is 2.36. The summed E-state index contributed by atoms with van der Waals surface area (Å²) in [5.74, 6) is -2.10. The van der Waals surface area contributed by atoms with Crippen molar-refractivity contribution in [2.75, 3.05) is 13.7 Å². The number of carbonyl (C=O) groups is 2. The molecule has 20 heavy (non-hydrogen) atoms. The first kappa shape index (κ1) is 15.9. The third-order valence-corrected chi connectivity index (χ3v) is 3.13. The second kappa shape index (κ2) is 6.36. The first-order valence-electron chi connectivity index (χ1n) is 6.15. The van der Waals surface area contributed by atoms with Crippen molar-refractivity contribution in [1.29, 1.82) is 0 Å². The van der Waals surface area contributed by atoms with E-state index in [4.69, 9.17) is 4.84 Å². The highest BCUT2D eigenvalue weighted by atomic mass is 16.6. The molecule has 0 spiro atoms. The Balaban J connectivity index is 3.12. The van der Waals surface area contributed by atoms with Crippen LogP contribution in [0.25, 0.3) is 0 Å². The molecule has 0 unspecified atom stereocenters. The highest BCUT2D eigenvalue weighted by Crippen LogP contribution is 2.41. The Morgan fingerprint density at radius 2 is 2.25 bits per heavy atom. The summed E-state index contributed by atoms with van der Waals surface area (Å²) in [6, 6.07) is 0. The Labute approximate surface area is 117 Å². The molecule has 0 saturated carbocycles. The molecule has 110 valence electrons. The number of methoxy groups -OCH3 is 1. The van der Waals surface area contributed by atoms with Gasteiger partial charge >= 0.3 is 5.97 Å². The lowest BCUT2D eigenvalue weighted by Crippen LogP contribution is -2.40. The summed E-state index contributed by atoms with van der Waals surface area (Å²) in [4.78, 5) is 28.6. The topological polar surface area (TPSA) is 85.2 Å². The van der Waals surface area contributed by atoms with Crippen LogP contribution in [0.1, 0.15) is 20.3 Å². The van der Waals surface area contributed by atoms with Crippen LogP contribution in [0.15, 0.2) is 29.1 Å². The third-order valence-electron chi connectivity index (χ3n) is 3.13. The van der Waals surface area contributed by atoms with E-state index in [-0.39, 0.29) is 30.1 Å². The largest absolute Gasteiger partial charge is 0.511 e. The molecule has 6 nitrogen and oxygen atoms in total. The van der Waals surface area contributed by atoms with Crippen LogP contribution in [0.5, 0.6) is 0 Å². The maximum atomic E-state index is 12.0. The molecule has 0 aromatic rings. The van der Waals surface area contributed by atoms with Gasteiger partial charge < -0.3 is 14.7 Å². The molecular formula is C14H19NO5. The van der Waals surface area contributed by atoms with Crippen LogP contribution < -0.4 is 0 Å². The normalized spacial score (nSPS) is 21.9. The van der Waals surface area contributed by atoms with E-state index in [2.05, 4.69) is 16.5 Å². The average molecular weight is 281 g/mol. The van der Waals surface area contributed by atoms with E-state index in [0.29, 0.717) is 0 Å². The molecule has 0 aromatic carbocycles. The fourth-order valence-electron chi connectivity index (χ4n) is 2.15. The number of rotatable bonds is 5. The number of nitrogens with zero attached hydrogens (tertiary/aromatic N) is 1. The van der Waals surface area contributed by atoms with Crippen molar-refractivity contribution >= 4 is 18.0 Å². The van der Waals surface area contributed by atoms with Crippen LogP contribution in [-0.2, 0) is 19.2 Å². The second-order valence-corrected chi connectivity index (χ2v) is 5.16. The standard InChI is InChI=1S/C14H19NO5/c1-5-6-20-15-8-9-10(16)7-14(2,3)11(12(9)17)13(18)19-4/h5,8,11,17H,1,6-7H2,2-4H3/b15-8+/t11-/m0/s1. The van der Waals surface area contributed by atoms with Crippen LogP contribution in [0.2, 0.25) is 0 Å². The van der Waals surface area contributed by atoms with Crippen molar-refractivity contribution in [3.63, 3.8) is 0 Å². The first-order chi connectivity index (χ1) is 9.35. The summed E-state index contributed by atoms with van der Waals surface area (Å²) in [6.07, 6.45) is 2.72. The molecule has 1 aliphatic carbocycles. The van der Waals surface area contributed by atoms with Gasteiger partial charge in [0.05, 0.1) is 18.9 Å². The van der Waals surface area contributed by atoms with E-state index < -0.39 is 17.3 Å². The monoisotopic (exact) mass is 281 g/mol. The van der Waals surface area contributed by atoms with Gasteiger partial charge in [0.25, 0.3) is 0 Å². The summed E-state index contributed by atoms with van der Waals surface area (Å²) in [5, 5.41) is 13.7. The van der Waals surface area contributed by atoms with Crippen molar-refractivity contribution < 1.29 is 24.3 Å². The highest BCUT2D eigenvalue weighted by Gasteiger charge is 2.46. The molecule has 0 aliphatic heterocycles. The molecule has 0 radical (unpaired) electrons. The number of ether oxygens (including phenoxy) is 1. The summed E-state index contributed by atoms with van der Waals surface area (Å²) in [6.45, 7) is 7.09. The molecule has 0 fully saturated rings. The number of hydrogen-bond donors (Lipinski definition) is 1. The van der Waals surface area contributed by atoms with E-state index in [9.17, 15) is 14.7 Å². The maximum Gasteiger partial charge on any atom is 0.316 e. The number of aliphatic hydroxyl groups excluding tert-OH is 1. The molecule has 1 atom stereocenters. The van der Waals surface area contributed by atoms with Gasteiger partial charge in [0.15, 0.2) is 5.78 Å². The van der Waals surface area contributed by atoms with Gasteiger partial charge in [0.2, 0.25) is 0 Å². The summed E-state index contributed by atoms with van der Waals surface area (Å²) in [5.41, 5.74) is -0.739. The van der Waals surface area contributed by atoms with E-state index in [1.54, 1.807) is 13.8 Å². The van der Waals surface area contributed by atoms with E-state index >= 15 is 0 Å². The van der Waals surface area contributed by atoms with Gasteiger partial charge in [0, 0.05) is 6.42 Å². The number of Topliss-reactive ketones (excluding diaryl/α,β-unsaturated/α-hetero) is 1. The van der Waals surface area contributed by atoms with E-state index in [1.165, 1.54) is 13.2 Å². The minimum Gasteiger partial charge on any atom is -0.511 e. The molecular weight excluding hydrogens is 262 g/mol. The van der Waals surface area contributed by atoms with Gasteiger partial charge in [0.1, 0.15) is 18.3 Å². The number of aliphatic hydroxyl groups is 1. The predicted molar refractivity (Wildman–Crippen MR) is 73.2 cm³/mol. The Morgan fingerprint density at radius 1 is 1.60 bits per heavy atom. The Bertz CT molecular complexity index is 476. The van der Waals surface area contributed by atoms with Gasteiger partial charge in [-0.2, -0.15) is 0 Å². The van der Waals surface area contributed by atoms with Crippen molar-refractivity contribution in [2.45, 2.75) is 20.3 Å². The fourth-order valence-corrected chi connectivity index (χ4v) is 2.15. The molecule has 1 aliphatic rings. The van der Waals surface area contributed by atoms with Crippen molar-refractivity contribution in [1.82, 2.24) is 0 Å². The number of oxime groups is 1. The van der Waals surface area contributed by atoms with Gasteiger partial charge in [-0.15, -0.1) is 0 Å². The molecule has 0 aromatic heterocycles. The van der Waals surface area contributed by atoms with Crippen LogP contribution in [0, 0.1) is 11.3 Å². The van der Waals surface area contributed by atoms with Gasteiger partial charge in [-0.25, -0.2) is 0 Å². The zero-order valence-corrected chi connectivity index (χ0v) is 11.9. The predicted octanol–water partition coefficient (Wildman–Crippen LogP) is 1.78. The van der Waals surface area contributed by atoms with Gasteiger partial charge in [-0.05, 0) is 5.41 Å². The molecule has 6 heteroatoms. The number of esters is 1. The maximum absolute atomic E-state index is 12.0. The van der Waals surface area contributed by atoms with Crippen LogP contribution in [0.3, 0.4) is 0 Å². The van der Waals surface area contributed by atoms with Crippen molar-refractivity contribution in [3.8, 4) is 0 Å². The lowest BCUT2D eigenvalue weighted by atomic mass is 9.68. The number of ketones is 1. The smallest absolute Gasteiger partial charge is 0.316 e. The Morgan fingerprint density at radius 3 is 2.80 bits per heavy atom. The molecule has 1 rings (SSSR count). The molecule has 0 saturated heterocycles. The van der Waals surface area contributed by atoms with Crippen molar-refractivity contribution in [2.24, 2.45) is 16.5 Å².